The third-order valence-electron chi connectivity index (χ3n) is 1.91. The number of hydrogen-bond donors (Lipinski definition) is 0. The van der Waals surface area contributed by atoms with E-state index < -0.39 is 0 Å². The summed E-state index contributed by atoms with van der Waals surface area (Å²) in [5.41, 5.74) is 0. The highest BCUT2D eigenvalue weighted by Crippen LogP contribution is 2.00. The summed E-state index contributed by atoms with van der Waals surface area (Å²) in [7, 11) is 0. The maximum atomic E-state index is 3.29. The van der Waals surface area contributed by atoms with Crippen molar-refractivity contribution in [2.24, 2.45) is 0 Å². The minimum Gasteiger partial charge on any atom is -0.0845 e. The largest absolute Gasteiger partial charge is 0.0845 e. The monoisotopic (exact) mass is 173 g/mol. The Morgan fingerprint density at radius 3 is 2.69 bits per heavy atom. The van der Waals surface area contributed by atoms with Crippen LogP contribution >= 0.6 is 0 Å². The van der Waals surface area contributed by atoms with Crippen LogP contribution in [-0.2, 0) is 0 Å². The lowest BCUT2D eigenvalue weighted by Crippen LogP contribution is -1.69. The molecular weight excluding hydrogens is 156 g/mol. The van der Waals surface area contributed by atoms with Crippen LogP contribution in [0.1, 0.15) is 32.1 Å². The van der Waals surface area contributed by atoms with Crippen molar-refractivity contribution in [3.8, 4) is 0 Å². The summed E-state index contributed by atoms with van der Waals surface area (Å²) in [6.07, 6.45) is 24.0. The maximum Gasteiger partial charge on any atom is -0.0163 e. The Bertz CT molecular complexity index is 216. The van der Waals surface area contributed by atoms with Crippen LogP contribution in [-0.4, -0.2) is 0 Å². The lowest BCUT2D eigenvalue weighted by atomic mass is 10.2. The first-order valence-corrected chi connectivity index (χ1v) is 5.02. The maximum absolute atomic E-state index is 3.29. The van der Waals surface area contributed by atoms with Crippen LogP contribution in [0.2, 0.25) is 0 Å². The molecule has 1 radical (unpaired) electrons. The third-order valence-corrected chi connectivity index (χ3v) is 1.91. The van der Waals surface area contributed by atoms with Gasteiger partial charge >= 0.3 is 0 Å². The quantitative estimate of drug-likeness (QED) is 0.486. The molecular formula is C13H17. The molecule has 0 bridgehead atoms. The Hall–Kier alpha value is -1.04. The van der Waals surface area contributed by atoms with Gasteiger partial charge in [0.25, 0.3) is 0 Å². The minimum atomic E-state index is 1.03. The van der Waals surface area contributed by atoms with Gasteiger partial charge in [0.2, 0.25) is 0 Å². The van der Waals surface area contributed by atoms with Crippen LogP contribution in [0.15, 0.2) is 42.5 Å². The average Bonchev–Trinajstić information content (AvgIpc) is 2.18. The van der Waals surface area contributed by atoms with E-state index >= 15 is 0 Å². The molecule has 0 nitrogen and oxygen atoms in total. The van der Waals surface area contributed by atoms with Gasteiger partial charge in [-0.05, 0) is 38.2 Å². The summed E-state index contributed by atoms with van der Waals surface area (Å²) in [5, 5.41) is 0. The molecule has 0 saturated heterocycles. The Labute approximate surface area is 81.4 Å². The normalized spacial score (nSPS) is 28.9. The van der Waals surface area contributed by atoms with E-state index in [-0.39, 0.29) is 0 Å². The average molecular weight is 173 g/mol. The molecule has 0 heteroatoms. The van der Waals surface area contributed by atoms with Crippen LogP contribution < -0.4 is 0 Å². The zero-order valence-electron chi connectivity index (χ0n) is 8.08. The second kappa shape index (κ2) is 7.60. The molecule has 0 unspecified atom stereocenters. The topological polar surface area (TPSA) is 0 Å². The van der Waals surface area contributed by atoms with Gasteiger partial charge in [-0.2, -0.15) is 0 Å². The first-order valence-electron chi connectivity index (χ1n) is 5.02. The van der Waals surface area contributed by atoms with Crippen molar-refractivity contribution in [1.29, 1.82) is 0 Å². The van der Waals surface area contributed by atoms with Gasteiger partial charge in [-0.1, -0.05) is 42.5 Å². The van der Waals surface area contributed by atoms with Crippen LogP contribution in [0.5, 0.6) is 0 Å². The van der Waals surface area contributed by atoms with Gasteiger partial charge in [0, 0.05) is 0 Å². The summed E-state index contributed by atoms with van der Waals surface area (Å²) >= 11 is 0. The van der Waals surface area contributed by atoms with E-state index in [0.29, 0.717) is 0 Å². The van der Waals surface area contributed by atoms with Crippen LogP contribution in [0.25, 0.3) is 0 Å². The second-order valence-electron chi connectivity index (χ2n) is 3.10. The lowest BCUT2D eigenvalue weighted by molar-refractivity contribution is 0.852. The van der Waals surface area contributed by atoms with Crippen molar-refractivity contribution in [2.45, 2.75) is 32.1 Å². The standard InChI is InChI=1S/C13H17/c1-2-4-6-8-10-12-13-11-9-7-5-3-1/h1-4,7,9,13H,5-6,8,10-11H2/b3-1-,4-2+,9-7+,13-12?. The molecule has 0 heterocycles. The fraction of sp³-hybridized carbons (Fsp3) is 0.385. The molecule has 1 rings (SSSR count). The molecule has 13 heavy (non-hydrogen) atoms. The third kappa shape index (κ3) is 6.15. The van der Waals surface area contributed by atoms with Gasteiger partial charge < -0.3 is 0 Å². The summed E-state index contributed by atoms with van der Waals surface area (Å²) in [6, 6.07) is 0. The van der Waals surface area contributed by atoms with Crippen molar-refractivity contribution in [3.63, 3.8) is 0 Å². The van der Waals surface area contributed by atoms with Crippen LogP contribution in [0.4, 0.5) is 0 Å². The zero-order chi connectivity index (χ0) is 9.19. The molecule has 0 saturated carbocycles. The molecule has 0 fully saturated rings. The Balaban J connectivity index is 2.38. The highest BCUT2D eigenvalue weighted by molar-refractivity contribution is 5.05. The first kappa shape index (κ1) is 10.0. The van der Waals surface area contributed by atoms with E-state index in [2.05, 4.69) is 48.6 Å². The Kier molecular flexibility index (Phi) is 5.87. The number of hydrogen-bond acceptors (Lipinski definition) is 0. The Morgan fingerprint density at radius 2 is 1.69 bits per heavy atom. The van der Waals surface area contributed by atoms with Crippen molar-refractivity contribution in [1.82, 2.24) is 0 Å². The summed E-state index contributed by atoms with van der Waals surface area (Å²) in [4.78, 5) is 0. The summed E-state index contributed by atoms with van der Waals surface area (Å²) in [6.45, 7) is 0. The smallest absolute Gasteiger partial charge is 0.0163 e. The van der Waals surface area contributed by atoms with Gasteiger partial charge in [0.1, 0.15) is 0 Å². The highest BCUT2D eigenvalue weighted by Gasteiger charge is 1.81. The second-order valence-corrected chi connectivity index (χ2v) is 3.10. The predicted molar refractivity (Wildman–Crippen MR) is 58.3 cm³/mol. The lowest BCUT2D eigenvalue weighted by Gasteiger charge is -1.87. The highest BCUT2D eigenvalue weighted by atomic mass is 13.9. The molecule has 0 amide bonds. The molecule has 0 aromatic carbocycles. The van der Waals surface area contributed by atoms with Crippen LogP contribution in [0, 0.1) is 6.08 Å². The molecule has 0 aromatic heterocycles. The Morgan fingerprint density at radius 1 is 0.846 bits per heavy atom. The van der Waals surface area contributed by atoms with Gasteiger partial charge in [-0.25, -0.2) is 0 Å². The molecule has 0 spiro atoms. The zero-order valence-corrected chi connectivity index (χ0v) is 8.08. The number of allylic oxidation sites excluding steroid dienone is 8. The molecule has 0 N–H and O–H groups in total. The van der Waals surface area contributed by atoms with Gasteiger partial charge in [-0.15, -0.1) is 0 Å². The number of rotatable bonds is 0. The molecule has 0 aliphatic heterocycles. The molecule has 0 aromatic rings. The van der Waals surface area contributed by atoms with Crippen molar-refractivity contribution < 1.29 is 0 Å². The van der Waals surface area contributed by atoms with E-state index in [1.807, 2.05) is 0 Å². The SMILES string of the molecule is [C]1=C/C/C=C/C/C=C\C=C\CCC/1. The van der Waals surface area contributed by atoms with E-state index in [0.717, 1.165) is 19.3 Å². The van der Waals surface area contributed by atoms with Crippen molar-refractivity contribution >= 4 is 0 Å². The van der Waals surface area contributed by atoms with Gasteiger partial charge in [0.15, 0.2) is 0 Å². The van der Waals surface area contributed by atoms with E-state index in [1.54, 1.807) is 0 Å². The minimum absolute atomic E-state index is 1.03. The summed E-state index contributed by atoms with van der Waals surface area (Å²) in [5.74, 6) is 0. The van der Waals surface area contributed by atoms with E-state index in [1.165, 1.54) is 12.8 Å². The van der Waals surface area contributed by atoms with Gasteiger partial charge in [-0.3, -0.25) is 0 Å². The van der Waals surface area contributed by atoms with Gasteiger partial charge in [0.05, 0.1) is 0 Å². The van der Waals surface area contributed by atoms with Crippen molar-refractivity contribution in [2.75, 3.05) is 0 Å². The predicted octanol–water partition coefficient (Wildman–Crippen LogP) is 3.98. The molecule has 0 atom stereocenters. The molecule has 69 valence electrons. The van der Waals surface area contributed by atoms with E-state index in [9.17, 15) is 0 Å². The first-order chi connectivity index (χ1) is 6.50. The van der Waals surface area contributed by atoms with Crippen LogP contribution in [0.3, 0.4) is 0 Å². The summed E-state index contributed by atoms with van der Waals surface area (Å²) < 4.78 is 0. The fourth-order valence-corrected chi connectivity index (χ4v) is 1.18. The molecule has 1 aliphatic carbocycles. The fourth-order valence-electron chi connectivity index (χ4n) is 1.18. The van der Waals surface area contributed by atoms with E-state index in [4.69, 9.17) is 0 Å². The molecule has 1 aliphatic rings. The van der Waals surface area contributed by atoms with Crippen molar-refractivity contribution in [3.05, 3.63) is 48.6 Å².